The Bertz CT molecular complexity index is 320. The molecule has 1 aliphatic rings. The zero-order chi connectivity index (χ0) is 10.1. The van der Waals surface area contributed by atoms with Crippen LogP contribution in [0.15, 0.2) is 0 Å². The van der Waals surface area contributed by atoms with Crippen LogP contribution in [0, 0.1) is 17.8 Å². The van der Waals surface area contributed by atoms with E-state index >= 15 is 0 Å². The van der Waals surface area contributed by atoms with Crippen molar-refractivity contribution < 1.29 is 8.42 Å². The van der Waals surface area contributed by atoms with Gasteiger partial charge in [0.15, 0.2) is 0 Å². The second-order valence-electron chi connectivity index (χ2n) is 3.86. The minimum Gasteiger partial charge on any atom is -0.212 e. The number of nitrogens with zero attached hydrogens (tertiary/aromatic N) is 1. The summed E-state index contributed by atoms with van der Waals surface area (Å²) in [5.41, 5.74) is 0.0109. The van der Waals surface area contributed by atoms with E-state index in [0.717, 1.165) is 0 Å². The van der Waals surface area contributed by atoms with Crippen molar-refractivity contribution in [3.05, 3.63) is 0 Å². The summed E-state index contributed by atoms with van der Waals surface area (Å²) in [4.78, 5) is 0. The number of hydrogen-bond acceptors (Lipinski definition) is 2. The third-order valence-corrected chi connectivity index (χ3v) is 4.18. The maximum Gasteiger partial charge on any atom is 0.213 e. The van der Waals surface area contributed by atoms with Gasteiger partial charge in [-0.25, -0.2) is 12.7 Å². The third-order valence-electron chi connectivity index (χ3n) is 2.40. The lowest BCUT2D eigenvalue weighted by atomic mass is 9.81. The normalized spacial score (nSPS) is 21.9. The highest BCUT2D eigenvalue weighted by atomic mass is 32.2. The van der Waals surface area contributed by atoms with Crippen LogP contribution in [0.3, 0.4) is 0 Å². The summed E-state index contributed by atoms with van der Waals surface area (Å²) in [7, 11) is -2.99. The SMILES string of the molecule is C#CCC1(C)CN(S(=O)(=O)CC)C1. The number of rotatable bonds is 3. The standard InChI is InChI=1S/C9H15NO2S/c1-4-6-9(3)7-10(8-9)13(11,12)5-2/h1H,5-8H2,2-3H3. The van der Waals surface area contributed by atoms with Crippen LogP contribution in [0.1, 0.15) is 20.3 Å². The molecule has 0 saturated carbocycles. The van der Waals surface area contributed by atoms with Gasteiger partial charge in [-0.1, -0.05) is 6.92 Å². The molecule has 74 valence electrons. The zero-order valence-electron chi connectivity index (χ0n) is 8.08. The van der Waals surface area contributed by atoms with E-state index in [9.17, 15) is 8.42 Å². The van der Waals surface area contributed by atoms with Gasteiger partial charge in [0.1, 0.15) is 0 Å². The van der Waals surface area contributed by atoms with Crippen LogP contribution in [0.5, 0.6) is 0 Å². The Morgan fingerprint density at radius 1 is 1.54 bits per heavy atom. The van der Waals surface area contributed by atoms with E-state index in [1.807, 2.05) is 6.92 Å². The van der Waals surface area contributed by atoms with Crippen molar-refractivity contribution in [2.24, 2.45) is 5.41 Å². The molecule has 4 heteroatoms. The molecule has 0 unspecified atom stereocenters. The molecule has 0 aromatic carbocycles. The summed E-state index contributed by atoms with van der Waals surface area (Å²) in [6.07, 6.45) is 5.85. The maximum absolute atomic E-state index is 11.3. The first-order chi connectivity index (χ1) is 5.93. The van der Waals surface area contributed by atoms with Crippen LogP contribution in [-0.4, -0.2) is 31.6 Å². The molecular formula is C9H15NO2S. The predicted molar refractivity (Wildman–Crippen MR) is 52.6 cm³/mol. The molecule has 0 N–H and O–H groups in total. The van der Waals surface area contributed by atoms with Crippen molar-refractivity contribution in [1.29, 1.82) is 0 Å². The Labute approximate surface area is 80.2 Å². The molecule has 1 aliphatic heterocycles. The van der Waals surface area contributed by atoms with Crippen LogP contribution < -0.4 is 0 Å². The molecule has 0 radical (unpaired) electrons. The number of sulfonamides is 1. The van der Waals surface area contributed by atoms with E-state index < -0.39 is 10.0 Å². The van der Waals surface area contributed by atoms with E-state index in [0.29, 0.717) is 19.5 Å². The summed E-state index contributed by atoms with van der Waals surface area (Å²) in [5.74, 6) is 2.76. The molecular weight excluding hydrogens is 186 g/mol. The minimum absolute atomic E-state index is 0.0109. The second-order valence-corrected chi connectivity index (χ2v) is 6.12. The third kappa shape index (κ3) is 2.04. The zero-order valence-corrected chi connectivity index (χ0v) is 8.89. The Kier molecular flexibility index (Phi) is 2.69. The summed E-state index contributed by atoms with van der Waals surface area (Å²) < 4.78 is 24.2. The van der Waals surface area contributed by atoms with Crippen LogP contribution in [-0.2, 0) is 10.0 Å². The molecule has 0 spiro atoms. The first-order valence-electron chi connectivity index (χ1n) is 4.35. The highest BCUT2D eigenvalue weighted by Gasteiger charge is 2.43. The largest absolute Gasteiger partial charge is 0.213 e. The van der Waals surface area contributed by atoms with E-state index in [2.05, 4.69) is 5.92 Å². The topological polar surface area (TPSA) is 37.4 Å². The Morgan fingerprint density at radius 3 is 2.46 bits per heavy atom. The van der Waals surface area contributed by atoms with Crippen molar-refractivity contribution in [1.82, 2.24) is 4.31 Å². The summed E-state index contributed by atoms with van der Waals surface area (Å²) >= 11 is 0. The Hall–Kier alpha value is -0.530. The van der Waals surface area contributed by atoms with Gasteiger partial charge in [0.25, 0.3) is 0 Å². The molecule has 0 atom stereocenters. The lowest BCUT2D eigenvalue weighted by Crippen LogP contribution is -2.56. The van der Waals surface area contributed by atoms with Crippen molar-refractivity contribution in [3.8, 4) is 12.3 Å². The van der Waals surface area contributed by atoms with Crippen LogP contribution >= 0.6 is 0 Å². The average Bonchev–Trinajstić information content (AvgIpc) is 2.00. The molecule has 0 aliphatic carbocycles. The molecule has 0 aromatic heterocycles. The molecule has 1 heterocycles. The lowest BCUT2D eigenvalue weighted by molar-refractivity contribution is 0.0961. The van der Waals surface area contributed by atoms with Crippen molar-refractivity contribution in [2.45, 2.75) is 20.3 Å². The van der Waals surface area contributed by atoms with Crippen molar-refractivity contribution in [2.75, 3.05) is 18.8 Å². The van der Waals surface area contributed by atoms with E-state index in [1.165, 1.54) is 4.31 Å². The molecule has 1 fully saturated rings. The first-order valence-corrected chi connectivity index (χ1v) is 5.96. The number of terminal acetylenes is 1. The van der Waals surface area contributed by atoms with Crippen molar-refractivity contribution >= 4 is 10.0 Å². The molecule has 0 amide bonds. The molecule has 0 bridgehead atoms. The quantitative estimate of drug-likeness (QED) is 0.630. The fourth-order valence-electron chi connectivity index (χ4n) is 1.54. The van der Waals surface area contributed by atoms with Gasteiger partial charge in [-0.2, -0.15) is 0 Å². The van der Waals surface area contributed by atoms with Gasteiger partial charge in [0, 0.05) is 24.9 Å². The fourth-order valence-corrected chi connectivity index (χ4v) is 2.92. The molecule has 13 heavy (non-hydrogen) atoms. The van der Waals surface area contributed by atoms with Gasteiger partial charge in [-0.3, -0.25) is 0 Å². The van der Waals surface area contributed by atoms with Gasteiger partial charge in [-0.05, 0) is 6.92 Å². The Balaban J connectivity index is 2.56. The molecule has 1 rings (SSSR count). The fraction of sp³-hybridized carbons (Fsp3) is 0.778. The smallest absolute Gasteiger partial charge is 0.212 e. The molecule has 1 saturated heterocycles. The molecule has 3 nitrogen and oxygen atoms in total. The van der Waals surface area contributed by atoms with Gasteiger partial charge in [0.05, 0.1) is 5.75 Å². The van der Waals surface area contributed by atoms with Crippen LogP contribution in [0.25, 0.3) is 0 Å². The number of hydrogen-bond donors (Lipinski definition) is 0. The summed E-state index contributed by atoms with van der Waals surface area (Å²) in [5, 5.41) is 0. The summed E-state index contributed by atoms with van der Waals surface area (Å²) in [6.45, 7) is 4.83. The minimum atomic E-state index is -2.99. The van der Waals surface area contributed by atoms with Gasteiger partial charge in [-0.15, -0.1) is 12.3 Å². The van der Waals surface area contributed by atoms with Crippen molar-refractivity contribution in [3.63, 3.8) is 0 Å². The highest BCUT2D eigenvalue weighted by Crippen LogP contribution is 2.34. The average molecular weight is 201 g/mol. The highest BCUT2D eigenvalue weighted by molar-refractivity contribution is 7.89. The van der Waals surface area contributed by atoms with Gasteiger partial charge in [0.2, 0.25) is 10.0 Å². The molecule has 0 aromatic rings. The Morgan fingerprint density at radius 2 is 2.08 bits per heavy atom. The second kappa shape index (κ2) is 3.32. The van der Waals surface area contributed by atoms with E-state index in [1.54, 1.807) is 6.92 Å². The monoisotopic (exact) mass is 201 g/mol. The summed E-state index contributed by atoms with van der Waals surface area (Å²) in [6, 6.07) is 0. The van der Waals surface area contributed by atoms with Gasteiger partial charge < -0.3 is 0 Å². The lowest BCUT2D eigenvalue weighted by Gasteiger charge is -2.45. The van der Waals surface area contributed by atoms with E-state index in [-0.39, 0.29) is 11.2 Å². The van der Waals surface area contributed by atoms with Crippen LogP contribution in [0.4, 0.5) is 0 Å². The van der Waals surface area contributed by atoms with Crippen LogP contribution in [0.2, 0.25) is 0 Å². The maximum atomic E-state index is 11.3. The van der Waals surface area contributed by atoms with Gasteiger partial charge >= 0.3 is 0 Å². The van der Waals surface area contributed by atoms with E-state index in [4.69, 9.17) is 6.42 Å². The predicted octanol–water partition coefficient (Wildman–Crippen LogP) is 0.681. The first kappa shape index (κ1) is 10.6.